The number of rotatable bonds is 3. The molecule has 0 bridgehead atoms. The first-order valence-corrected chi connectivity index (χ1v) is 6.09. The smallest absolute Gasteiger partial charge is 0.141 e. The summed E-state index contributed by atoms with van der Waals surface area (Å²) < 4.78 is 13.1. The molecule has 18 heavy (non-hydrogen) atoms. The molecule has 1 aliphatic rings. The second kappa shape index (κ2) is 4.50. The minimum absolute atomic E-state index is 0.177. The van der Waals surface area contributed by atoms with E-state index in [2.05, 4.69) is 17.1 Å². The zero-order valence-corrected chi connectivity index (χ0v) is 9.83. The van der Waals surface area contributed by atoms with E-state index in [0.717, 1.165) is 12.6 Å². The average molecular weight is 243 g/mol. The summed E-state index contributed by atoms with van der Waals surface area (Å²) in [7, 11) is 0. The Morgan fingerprint density at radius 1 is 1.22 bits per heavy atom. The molecule has 1 fully saturated rings. The highest BCUT2D eigenvalue weighted by atomic mass is 19.1. The normalized spacial score (nSPS) is 23.7. The van der Waals surface area contributed by atoms with Gasteiger partial charge in [-0.1, -0.05) is 30.3 Å². The summed E-state index contributed by atoms with van der Waals surface area (Å²) >= 11 is 0. The van der Waals surface area contributed by atoms with E-state index in [1.807, 2.05) is 18.2 Å². The van der Waals surface area contributed by atoms with E-state index in [1.165, 1.54) is 17.8 Å². The van der Waals surface area contributed by atoms with Crippen molar-refractivity contribution in [3.8, 4) is 0 Å². The molecule has 1 saturated carbocycles. The highest BCUT2D eigenvalue weighted by molar-refractivity contribution is 5.28. The molecule has 0 saturated heterocycles. The summed E-state index contributed by atoms with van der Waals surface area (Å²) in [6.07, 6.45) is 3.01. The van der Waals surface area contributed by atoms with Crippen molar-refractivity contribution in [1.82, 2.24) is 4.98 Å². The third-order valence-electron chi connectivity index (χ3n) is 3.54. The van der Waals surface area contributed by atoms with Gasteiger partial charge in [0.25, 0.3) is 0 Å². The molecule has 3 rings (SSSR count). The lowest BCUT2D eigenvalue weighted by Crippen LogP contribution is -2.02. The monoisotopic (exact) mass is 243 g/mol. The van der Waals surface area contributed by atoms with Gasteiger partial charge in [0.1, 0.15) is 5.82 Å². The maximum atomic E-state index is 13.1. The molecule has 2 aromatic rings. The third-order valence-corrected chi connectivity index (χ3v) is 3.54. The summed E-state index contributed by atoms with van der Waals surface area (Å²) in [6, 6.07) is 11.5. The molecule has 3 unspecified atom stereocenters. The molecule has 0 radical (unpaired) electrons. The fraction of sp³-hybridized carbons (Fsp3) is 0.267. The Hall–Kier alpha value is -1.74. The number of aromatic nitrogens is 1. The van der Waals surface area contributed by atoms with Crippen molar-refractivity contribution in [3.63, 3.8) is 0 Å². The van der Waals surface area contributed by atoms with Crippen LogP contribution < -0.4 is 0 Å². The van der Waals surface area contributed by atoms with Gasteiger partial charge in [0.15, 0.2) is 0 Å². The van der Waals surface area contributed by atoms with Crippen LogP contribution in [-0.4, -0.2) is 10.1 Å². The fourth-order valence-corrected chi connectivity index (χ4v) is 2.48. The predicted octanol–water partition coefficient (Wildman–Crippen LogP) is 3.06. The number of aliphatic hydroxyl groups excluding tert-OH is 1. The van der Waals surface area contributed by atoms with Gasteiger partial charge in [-0.3, -0.25) is 4.98 Å². The van der Waals surface area contributed by atoms with E-state index in [-0.39, 0.29) is 5.92 Å². The van der Waals surface area contributed by atoms with Gasteiger partial charge in [0.05, 0.1) is 12.3 Å². The molecule has 1 aromatic heterocycles. The average Bonchev–Trinajstić information content (AvgIpc) is 3.19. The first kappa shape index (κ1) is 11.4. The van der Waals surface area contributed by atoms with Gasteiger partial charge < -0.3 is 5.11 Å². The first-order valence-electron chi connectivity index (χ1n) is 6.09. The van der Waals surface area contributed by atoms with Crippen LogP contribution >= 0.6 is 0 Å². The van der Waals surface area contributed by atoms with Crippen LogP contribution in [0.1, 0.15) is 29.6 Å². The van der Waals surface area contributed by atoms with Gasteiger partial charge in [0, 0.05) is 11.8 Å². The third kappa shape index (κ3) is 2.14. The number of nitrogens with zero attached hydrogens (tertiary/aromatic N) is 1. The van der Waals surface area contributed by atoms with Crippen molar-refractivity contribution in [1.29, 1.82) is 0 Å². The lowest BCUT2D eigenvalue weighted by atomic mass is 10.0. The topological polar surface area (TPSA) is 33.1 Å². The molecule has 2 nitrogen and oxygen atoms in total. The molecule has 0 aliphatic heterocycles. The van der Waals surface area contributed by atoms with E-state index >= 15 is 0 Å². The maximum Gasteiger partial charge on any atom is 0.141 e. The van der Waals surface area contributed by atoms with Crippen LogP contribution in [-0.2, 0) is 0 Å². The molecule has 1 heterocycles. The van der Waals surface area contributed by atoms with Crippen molar-refractivity contribution in [2.45, 2.75) is 18.4 Å². The largest absolute Gasteiger partial charge is 0.388 e. The summed E-state index contributed by atoms with van der Waals surface area (Å²) in [5.41, 5.74) is 1.81. The number of aliphatic hydroxyl groups is 1. The Labute approximate surface area is 105 Å². The van der Waals surface area contributed by atoms with Crippen LogP contribution in [0, 0.1) is 11.7 Å². The SMILES string of the molecule is OC(c1cncc(F)c1)C1CC1c1ccccc1. The minimum Gasteiger partial charge on any atom is -0.388 e. The maximum absolute atomic E-state index is 13.1. The van der Waals surface area contributed by atoms with E-state index < -0.39 is 11.9 Å². The fourth-order valence-electron chi connectivity index (χ4n) is 2.48. The highest BCUT2D eigenvalue weighted by Gasteiger charge is 2.43. The van der Waals surface area contributed by atoms with Gasteiger partial charge in [-0.05, 0) is 29.9 Å². The van der Waals surface area contributed by atoms with Gasteiger partial charge in [-0.2, -0.15) is 0 Å². The van der Waals surface area contributed by atoms with Crippen molar-refractivity contribution in [2.75, 3.05) is 0 Å². The number of hydrogen-bond acceptors (Lipinski definition) is 2. The van der Waals surface area contributed by atoms with Crippen molar-refractivity contribution >= 4 is 0 Å². The van der Waals surface area contributed by atoms with E-state index in [9.17, 15) is 9.50 Å². The number of benzene rings is 1. The Balaban J connectivity index is 1.75. The molecule has 1 aliphatic carbocycles. The molecular weight excluding hydrogens is 229 g/mol. The minimum atomic E-state index is -0.626. The Morgan fingerprint density at radius 3 is 2.72 bits per heavy atom. The van der Waals surface area contributed by atoms with Gasteiger partial charge in [-0.15, -0.1) is 0 Å². The van der Waals surface area contributed by atoms with Crippen molar-refractivity contribution in [2.24, 2.45) is 5.92 Å². The Bertz CT molecular complexity index is 543. The van der Waals surface area contributed by atoms with Crippen LogP contribution in [0.25, 0.3) is 0 Å². The van der Waals surface area contributed by atoms with E-state index in [4.69, 9.17) is 0 Å². The molecule has 1 aromatic carbocycles. The van der Waals surface area contributed by atoms with E-state index in [1.54, 1.807) is 0 Å². The second-order valence-corrected chi connectivity index (χ2v) is 4.80. The van der Waals surface area contributed by atoms with Crippen molar-refractivity contribution < 1.29 is 9.50 Å². The molecule has 3 atom stereocenters. The van der Waals surface area contributed by atoms with Crippen LogP contribution in [0.4, 0.5) is 4.39 Å². The first-order chi connectivity index (χ1) is 8.75. The zero-order valence-electron chi connectivity index (χ0n) is 9.83. The summed E-state index contributed by atoms with van der Waals surface area (Å²) in [4.78, 5) is 3.78. The molecule has 0 spiro atoms. The van der Waals surface area contributed by atoms with Gasteiger partial charge >= 0.3 is 0 Å². The van der Waals surface area contributed by atoms with Gasteiger partial charge in [0.2, 0.25) is 0 Å². The highest BCUT2D eigenvalue weighted by Crippen LogP contribution is 2.53. The molecule has 1 N–H and O–H groups in total. The predicted molar refractivity (Wildman–Crippen MR) is 66.4 cm³/mol. The summed E-state index contributed by atoms with van der Waals surface area (Å²) in [5.74, 6) is 0.156. The zero-order chi connectivity index (χ0) is 12.5. The van der Waals surface area contributed by atoms with Crippen LogP contribution in [0.5, 0.6) is 0 Å². The quantitative estimate of drug-likeness (QED) is 0.898. The number of halogens is 1. The number of pyridine rings is 1. The standard InChI is InChI=1S/C15H14FNO/c16-12-6-11(8-17-9-12)15(18)14-7-13(14)10-4-2-1-3-5-10/h1-6,8-9,13-15,18H,7H2. The Kier molecular flexibility index (Phi) is 2.84. The number of hydrogen-bond donors (Lipinski definition) is 1. The molecular formula is C15H14FNO. The molecule has 0 amide bonds. The van der Waals surface area contributed by atoms with Crippen molar-refractivity contribution in [3.05, 3.63) is 65.7 Å². The van der Waals surface area contributed by atoms with Crippen LogP contribution in [0.15, 0.2) is 48.8 Å². The van der Waals surface area contributed by atoms with Crippen LogP contribution in [0.3, 0.4) is 0 Å². The molecule has 3 heteroatoms. The lowest BCUT2D eigenvalue weighted by Gasteiger charge is -2.10. The van der Waals surface area contributed by atoms with Gasteiger partial charge in [-0.25, -0.2) is 4.39 Å². The molecule has 92 valence electrons. The Morgan fingerprint density at radius 2 is 2.00 bits per heavy atom. The lowest BCUT2D eigenvalue weighted by molar-refractivity contribution is 0.150. The second-order valence-electron chi connectivity index (χ2n) is 4.80. The summed E-state index contributed by atoms with van der Waals surface area (Å²) in [6.45, 7) is 0. The van der Waals surface area contributed by atoms with E-state index in [0.29, 0.717) is 11.5 Å². The van der Waals surface area contributed by atoms with Crippen LogP contribution in [0.2, 0.25) is 0 Å². The summed E-state index contributed by atoms with van der Waals surface area (Å²) in [5, 5.41) is 10.2.